The number of nitrogens with zero attached hydrogens (tertiary/aromatic N) is 1. The van der Waals surface area contributed by atoms with Gasteiger partial charge in [-0.25, -0.2) is 0 Å². The van der Waals surface area contributed by atoms with Crippen molar-refractivity contribution in [1.82, 2.24) is 4.90 Å². The van der Waals surface area contributed by atoms with Crippen LogP contribution in [-0.4, -0.2) is 11.4 Å². The Kier molecular flexibility index (Phi) is 8.38. The van der Waals surface area contributed by atoms with Crippen LogP contribution in [0.3, 0.4) is 0 Å². The summed E-state index contributed by atoms with van der Waals surface area (Å²) in [6.07, 6.45) is 8.10. The standard InChI is InChI=1S/C19H29N/c1-9-12-19(11-3)13-17(7)18(8)20(15(4)5)14-16(6)10-2/h11-13H,3-4,6,8-10,14H2,1-2,5,7H3/b17-13-,19-12-. The Balaban J connectivity index is 5.20. The van der Waals surface area contributed by atoms with Crippen molar-refractivity contribution in [3.8, 4) is 0 Å². The van der Waals surface area contributed by atoms with Crippen LogP contribution in [0.15, 0.2) is 72.7 Å². The molecule has 1 heteroatoms. The summed E-state index contributed by atoms with van der Waals surface area (Å²) in [7, 11) is 0. The summed E-state index contributed by atoms with van der Waals surface area (Å²) in [5.41, 5.74) is 5.38. The van der Waals surface area contributed by atoms with Gasteiger partial charge < -0.3 is 4.90 Å². The van der Waals surface area contributed by atoms with Crippen molar-refractivity contribution >= 4 is 0 Å². The number of allylic oxidation sites excluding steroid dienone is 6. The third-order valence-corrected chi connectivity index (χ3v) is 3.18. The third-order valence-electron chi connectivity index (χ3n) is 3.18. The molecule has 0 aliphatic heterocycles. The molecule has 0 bridgehead atoms. The molecule has 0 aromatic rings. The molecule has 0 aromatic carbocycles. The second-order valence-corrected chi connectivity index (χ2v) is 5.02. The van der Waals surface area contributed by atoms with E-state index in [2.05, 4.69) is 64.1 Å². The highest BCUT2D eigenvalue weighted by molar-refractivity contribution is 5.39. The van der Waals surface area contributed by atoms with Gasteiger partial charge in [0.2, 0.25) is 0 Å². The van der Waals surface area contributed by atoms with E-state index in [4.69, 9.17) is 0 Å². The van der Waals surface area contributed by atoms with Crippen molar-refractivity contribution < 1.29 is 0 Å². The second kappa shape index (κ2) is 9.19. The second-order valence-electron chi connectivity index (χ2n) is 5.02. The molecule has 0 atom stereocenters. The summed E-state index contributed by atoms with van der Waals surface area (Å²) in [5.74, 6) is 0. The van der Waals surface area contributed by atoms with Crippen LogP contribution in [0.25, 0.3) is 0 Å². The van der Waals surface area contributed by atoms with Crippen molar-refractivity contribution in [2.24, 2.45) is 0 Å². The van der Waals surface area contributed by atoms with E-state index in [0.717, 1.165) is 41.9 Å². The molecule has 0 aliphatic carbocycles. The summed E-state index contributed by atoms with van der Waals surface area (Å²) in [4.78, 5) is 2.12. The predicted octanol–water partition coefficient (Wildman–Crippen LogP) is 5.77. The monoisotopic (exact) mass is 271 g/mol. The number of hydrogen-bond acceptors (Lipinski definition) is 1. The van der Waals surface area contributed by atoms with Crippen molar-refractivity contribution in [2.75, 3.05) is 6.54 Å². The zero-order valence-electron chi connectivity index (χ0n) is 13.6. The molecule has 0 rings (SSSR count). The van der Waals surface area contributed by atoms with Crippen LogP contribution in [0.1, 0.15) is 40.5 Å². The van der Waals surface area contributed by atoms with Crippen LogP contribution >= 0.6 is 0 Å². The summed E-state index contributed by atoms with van der Waals surface area (Å²) in [6.45, 7) is 25.2. The smallest absolute Gasteiger partial charge is 0.0435 e. The molecule has 1 nitrogen and oxygen atoms in total. The van der Waals surface area contributed by atoms with Crippen LogP contribution in [0.2, 0.25) is 0 Å². The largest absolute Gasteiger partial charge is 0.342 e. The van der Waals surface area contributed by atoms with Crippen molar-refractivity contribution in [1.29, 1.82) is 0 Å². The van der Waals surface area contributed by atoms with Crippen molar-refractivity contribution in [2.45, 2.75) is 40.5 Å². The molecular weight excluding hydrogens is 242 g/mol. The van der Waals surface area contributed by atoms with E-state index < -0.39 is 0 Å². The van der Waals surface area contributed by atoms with Crippen LogP contribution in [0.5, 0.6) is 0 Å². The first-order chi connectivity index (χ1) is 9.37. The van der Waals surface area contributed by atoms with E-state index in [9.17, 15) is 0 Å². The molecule has 0 aromatic heterocycles. The first-order valence-corrected chi connectivity index (χ1v) is 7.17. The SMILES string of the molecule is C=CC(=C/CC)/C=C(/C)C(=C)N(CC(=C)CC)C(=C)C. The Hall–Kier alpha value is -1.76. The van der Waals surface area contributed by atoms with E-state index in [1.165, 1.54) is 5.57 Å². The predicted molar refractivity (Wildman–Crippen MR) is 92.4 cm³/mol. The molecule has 0 saturated carbocycles. The lowest BCUT2D eigenvalue weighted by Gasteiger charge is -2.28. The molecule has 0 aliphatic rings. The van der Waals surface area contributed by atoms with Gasteiger partial charge in [0.25, 0.3) is 0 Å². The normalized spacial score (nSPS) is 12.0. The van der Waals surface area contributed by atoms with Gasteiger partial charge in [0.05, 0.1) is 0 Å². The average molecular weight is 271 g/mol. The third kappa shape index (κ3) is 5.92. The van der Waals surface area contributed by atoms with Gasteiger partial charge in [-0.3, -0.25) is 0 Å². The molecular formula is C19H29N. The van der Waals surface area contributed by atoms with Gasteiger partial charge in [-0.05, 0) is 37.8 Å². The fourth-order valence-electron chi connectivity index (χ4n) is 1.78. The van der Waals surface area contributed by atoms with Gasteiger partial charge in [-0.1, -0.05) is 64.0 Å². The maximum absolute atomic E-state index is 4.21. The first kappa shape index (κ1) is 18.2. The van der Waals surface area contributed by atoms with Crippen molar-refractivity contribution in [3.05, 3.63) is 72.7 Å². The highest BCUT2D eigenvalue weighted by atomic mass is 15.1. The Labute approximate surface area is 125 Å². The number of hydrogen-bond donors (Lipinski definition) is 0. The molecule has 20 heavy (non-hydrogen) atoms. The lowest BCUT2D eigenvalue weighted by atomic mass is 10.1. The first-order valence-electron chi connectivity index (χ1n) is 7.17. The zero-order valence-corrected chi connectivity index (χ0v) is 13.6. The molecule has 0 N–H and O–H groups in total. The topological polar surface area (TPSA) is 3.24 Å². The van der Waals surface area contributed by atoms with E-state index in [1.807, 2.05) is 13.0 Å². The summed E-state index contributed by atoms with van der Waals surface area (Å²) in [5, 5.41) is 0. The van der Waals surface area contributed by atoms with Gasteiger partial charge in [0.15, 0.2) is 0 Å². The van der Waals surface area contributed by atoms with E-state index >= 15 is 0 Å². The molecule has 0 heterocycles. The minimum atomic E-state index is 0.775. The van der Waals surface area contributed by atoms with E-state index in [0.29, 0.717) is 0 Å². The van der Waals surface area contributed by atoms with Crippen LogP contribution in [-0.2, 0) is 0 Å². The Bertz CT molecular complexity index is 446. The molecule has 0 unspecified atom stereocenters. The zero-order chi connectivity index (χ0) is 15.7. The van der Waals surface area contributed by atoms with Gasteiger partial charge in [0, 0.05) is 17.9 Å². The van der Waals surface area contributed by atoms with Gasteiger partial charge in [-0.15, -0.1) is 0 Å². The number of rotatable bonds is 9. The molecule has 0 amide bonds. The minimum Gasteiger partial charge on any atom is -0.342 e. The van der Waals surface area contributed by atoms with Crippen molar-refractivity contribution in [3.63, 3.8) is 0 Å². The van der Waals surface area contributed by atoms with Gasteiger partial charge in [-0.2, -0.15) is 0 Å². The lowest BCUT2D eigenvalue weighted by molar-refractivity contribution is 0.470. The van der Waals surface area contributed by atoms with Crippen LogP contribution < -0.4 is 0 Å². The Morgan fingerprint density at radius 1 is 1.10 bits per heavy atom. The lowest BCUT2D eigenvalue weighted by Crippen LogP contribution is -2.23. The highest BCUT2D eigenvalue weighted by Gasteiger charge is 2.11. The maximum atomic E-state index is 4.21. The fraction of sp³-hybridized carbons (Fsp3) is 0.368. The van der Waals surface area contributed by atoms with E-state index in [-0.39, 0.29) is 0 Å². The van der Waals surface area contributed by atoms with Crippen LogP contribution in [0.4, 0.5) is 0 Å². The summed E-state index contributed by atoms with van der Waals surface area (Å²) >= 11 is 0. The fourth-order valence-corrected chi connectivity index (χ4v) is 1.78. The minimum absolute atomic E-state index is 0.775. The van der Waals surface area contributed by atoms with E-state index in [1.54, 1.807) is 0 Å². The highest BCUT2D eigenvalue weighted by Crippen LogP contribution is 2.21. The molecule has 0 spiro atoms. The van der Waals surface area contributed by atoms with Gasteiger partial charge in [0.1, 0.15) is 0 Å². The summed E-state index contributed by atoms with van der Waals surface area (Å²) in [6, 6.07) is 0. The molecule has 0 fully saturated rings. The summed E-state index contributed by atoms with van der Waals surface area (Å²) < 4.78 is 0. The molecule has 110 valence electrons. The molecule has 0 saturated heterocycles. The Morgan fingerprint density at radius 3 is 2.10 bits per heavy atom. The molecule has 0 radical (unpaired) electrons. The average Bonchev–Trinajstić information content (AvgIpc) is 2.42. The Morgan fingerprint density at radius 2 is 1.70 bits per heavy atom. The van der Waals surface area contributed by atoms with Gasteiger partial charge >= 0.3 is 0 Å². The van der Waals surface area contributed by atoms with Crippen LogP contribution in [0, 0.1) is 0 Å². The maximum Gasteiger partial charge on any atom is 0.0435 e. The quantitative estimate of drug-likeness (QED) is 0.380.